The molecule has 2 aromatic rings. The van der Waals surface area contributed by atoms with Crippen LogP contribution in [0.5, 0.6) is 0 Å². The van der Waals surface area contributed by atoms with Gasteiger partial charge in [0.2, 0.25) is 0 Å². The highest BCUT2D eigenvalue weighted by atomic mass is 32.2. The Hall–Kier alpha value is -2.38. The molecule has 7 heteroatoms. The lowest BCUT2D eigenvalue weighted by Crippen LogP contribution is -2.38. The van der Waals surface area contributed by atoms with Gasteiger partial charge < -0.3 is 15.4 Å². The summed E-state index contributed by atoms with van der Waals surface area (Å²) >= 11 is 0. The quantitative estimate of drug-likeness (QED) is 0.534. The number of guanidine groups is 1. The molecule has 0 aliphatic carbocycles. The molecule has 27 heavy (non-hydrogen) atoms. The van der Waals surface area contributed by atoms with Crippen LogP contribution in [0.3, 0.4) is 0 Å². The van der Waals surface area contributed by atoms with E-state index in [1.165, 1.54) is 11.8 Å². The zero-order valence-electron chi connectivity index (χ0n) is 16.0. The fraction of sp³-hybridized carbons (Fsp3) is 0.350. The van der Waals surface area contributed by atoms with Gasteiger partial charge in [-0.15, -0.1) is 0 Å². The van der Waals surface area contributed by atoms with Crippen LogP contribution in [0, 0.1) is 0 Å². The molecule has 0 heterocycles. The van der Waals surface area contributed by atoms with Crippen LogP contribution in [-0.4, -0.2) is 41.3 Å². The summed E-state index contributed by atoms with van der Waals surface area (Å²) in [5, 5.41) is 6.58. The van der Waals surface area contributed by atoms with Gasteiger partial charge in [-0.2, -0.15) is 0 Å². The van der Waals surface area contributed by atoms with Crippen molar-refractivity contribution in [2.24, 2.45) is 4.99 Å². The van der Waals surface area contributed by atoms with Gasteiger partial charge in [-0.1, -0.05) is 36.4 Å². The molecule has 6 nitrogen and oxygen atoms in total. The number of hydrogen-bond acceptors (Lipinski definition) is 4. The Kier molecular flexibility index (Phi) is 7.82. The van der Waals surface area contributed by atoms with Crippen LogP contribution in [0.2, 0.25) is 0 Å². The van der Waals surface area contributed by atoms with Gasteiger partial charge in [-0.05, 0) is 35.2 Å². The Labute approximate surface area is 161 Å². The smallest absolute Gasteiger partial charge is 0.191 e. The van der Waals surface area contributed by atoms with Crippen LogP contribution >= 0.6 is 0 Å². The average Bonchev–Trinajstić information content (AvgIpc) is 2.65. The fourth-order valence-corrected chi connectivity index (χ4v) is 3.28. The SMILES string of the molecule is CN=C(NCCc1ccc(S(C)(=O)=O)cc1)NCc1ccccc1COC. The molecule has 0 saturated carbocycles. The summed E-state index contributed by atoms with van der Waals surface area (Å²) < 4.78 is 28.2. The van der Waals surface area contributed by atoms with Crippen molar-refractivity contribution in [1.29, 1.82) is 0 Å². The van der Waals surface area contributed by atoms with Crippen LogP contribution in [0.4, 0.5) is 0 Å². The van der Waals surface area contributed by atoms with Crippen molar-refractivity contribution in [3.8, 4) is 0 Å². The third kappa shape index (κ3) is 6.69. The molecule has 0 fully saturated rings. The van der Waals surface area contributed by atoms with Crippen molar-refractivity contribution in [3.63, 3.8) is 0 Å². The van der Waals surface area contributed by atoms with E-state index in [4.69, 9.17) is 4.74 Å². The van der Waals surface area contributed by atoms with Gasteiger partial charge in [0, 0.05) is 33.5 Å². The molecule has 0 atom stereocenters. The number of nitrogens with zero attached hydrogens (tertiary/aromatic N) is 1. The van der Waals surface area contributed by atoms with Crippen molar-refractivity contribution >= 4 is 15.8 Å². The second kappa shape index (κ2) is 10.1. The maximum absolute atomic E-state index is 11.5. The topological polar surface area (TPSA) is 79.8 Å². The van der Waals surface area contributed by atoms with Crippen molar-refractivity contribution < 1.29 is 13.2 Å². The highest BCUT2D eigenvalue weighted by Crippen LogP contribution is 2.11. The molecule has 2 rings (SSSR count). The van der Waals surface area contributed by atoms with Gasteiger partial charge in [-0.25, -0.2) is 8.42 Å². The van der Waals surface area contributed by atoms with E-state index in [1.807, 2.05) is 24.3 Å². The first-order valence-corrected chi connectivity index (χ1v) is 10.6. The molecule has 0 bridgehead atoms. The summed E-state index contributed by atoms with van der Waals surface area (Å²) in [6.07, 6.45) is 1.98. The summed E-state index contributed by atoms with van der Waals surface area (Å²) in [6, 6.07) is 15.1. The fourth-order valence-electron chi connectivity index (χ4n) is 2.65. The molecular weight excluding hydrogens is 362 g/mol. The van der Waals surface area contributed by atoms with Crippen LogP contribution in [-0.2, 0) is 34.1 Å². The Morgan fingerprint density at radius 2 is 1.70 bits per heavy atom. The van der Waals surface area contributed by atoms with E-state index in [1.54, 1.807) is 26.3 Å². The predicted octanol–water partition coefficient (Wildman–Crippen LogP) is 2.14. The van der Waals surface area contributed by atoms with E-state index in [-0.39, 0.29) is 0 Å². The Morgan fingerprint density at radius 3 is 2.30 bits per heavy atom. The average molecular weight is 390 g/mol. The number of sulfone groups is 1. The minimum atomic E-state index is -3.15. The molecule has 0 saturated heterocycles. The first kappa shape index (κ1) is 20.9. The number of ether oxygens (including phenoxy) is 1. The molecule has 0 unspecified atom stereocenters. The van der Waals surface area contributed by atoms with E-state index in [0.717, 1.165) is 23.5 Å². The molecule has 0 radical (unpaired) electrons. The summed E-state index contributed by atoms with van der Waals surface area (Å²) in [5.74, 6) is 0.718. The Bertz CT molecular complexity index is 862. The molecular formula is C20H27N3O3S. The van der Waals surface area contributed by atoms with Crippen molar-refractivity contribution in [2.45, 2.75) is 24.5 Å². The molecule has 0 aromatic heterocycles. The number of hydrogen-bond donors (Lipinski definition) is 2. The lowest BCUT2D eigenvalue weighted by Gasteiger charge is -2.14. The maximum Gasteiger partial charge on any atom is 0.191 e. The van der Waals surface area contributed by atoms with Gasteiger partial charge in [0.1, 0.15) is 0 Å². The first-order chi connectivity index (χ1) is 12.9. The predicted molar refractivity (Wildman–Crippen MR) is 109 cm³/mol. The molecule has 146 valence electrons. The van der Waals surface area contributed by atoms with Crippen LogP contribution in [0.25, 0.3) is 0 Å². The first-order valence-electron chi connectivity index (χ1n) is 8.73. The largest absolute Gasteiger partial charge is 0.380 e. The molecule has 0 amide bonds. The van der Waals surface area contributed by atoms with E-state index in [2.05, 4.69) is 27.8 Å². The number of benzene rings is 2. The zero-order chi connectivity index (χ0) is 19.7. The molecule has 2 aromatic carbocycles. The number of aliphatic imine (C=N–C) groups is 1. The summed E-state index contributed by atoms with van der Waals surface area (Å²) in [6.45, 7) is 1.92. The molecule has 0 aliphatic heterocycles. The van der Waals surface area contributed by atoms with E-state index in [9.17, 15) is 8.42 Å². The van der Waals surface area contributed by atoms with E-state index in [0.29, 0.717) is 24.6 Å². The van der Waals surface area contributed by atoms with Gasteiger partial charge in [-0.3, -0.25) is 4.99 Å². The second-order valence-electron chi connectivity index (χ2n) is 6.22. The minimum absolute atomic E-state index is 0.339. The monoisotopic (exact) mass is 389 g/mol. The highest BCUT2D eigenvalue weighted by Gasteiger charge is 2.06. The van der Waals surface area contributed by atoms with Crippen LogP contribution in [0.1, 0.15) is 16.7 Å². The third-order valence-electron chi connectivity index (χ3n) is 4.15. The Morgan fingerprint density at radius 1 is 1.04 bits per heavy atom. The van der Waals surface area contributed by atoms with Gasteiger partial charge in [0.25, 0.3) is 0 Å². The van der Waals surface area contributed by atoms with Crippen LogP contribution < -0.4 is 10.6 Å². The van der Waals surface area contributed by atoms with Crippen LogP contribution in [0.15, 0.2) is 58.4 Å². The van der Waals surface area contributed by atoms with Gasteiger partial charge in [0.05, 0.1) is 11.5 Å². The zero-order valence-corrected chi connectivity index (χ0v) is 16.8. The van der Waals surface area contributed by atoms with E-state index >= 15 is 0 Å². The molecule has 2 N–H and O–H groups in total. The van der Waals surface area contributed by atoms with Crippen molar-refractivity contribution in [3.05, 3.63) is 65.2 Å². The summed E-state index contributed by atoms with van der Waals surface area (Å²) in [7, 11) is 0.268. The molecule has 0 aliphatic rings. The van der Waals surface area contributed by atoms with Gasteiger partial charge in [0.15, 0.2) is 15.8 Å². The normalized spacial score (nSPS) is 12.0. The number of nitrogens with one attached hydrogen (secondary N) is 2. The lowest BCUT2D eigenvalue weighted by molar-refractivity contribution is 0.184. The Balaban J connectivity index is 1.84. The lowest BCUT2D eigenvalue weighted by atomic mass is 10.1. The summed E-state index contributed by atoms with van der Waals surface area (Å²) in [4.78, 5) is 4.58. The van der Waals surface area contributed by atoms with Crippen molar-refractivity contribution in [2.75, 3.05) is 27.0 Å². The second-order valence-corrected chi connectivity index (χ2v) is 8.24. The minimum Gasteiger partial charge on any atom is -0.380 e. The number of methoxy groups -OCH3 is 1. The number of rotatable bonds is 8. The third-order valence-corrected chi connectivity index (χ3v) is 5.27. The van der Waals surface area contributed by atoms with Crippen molar-refractivity contribution in [1.82, 2.24) is 10.6 Å². The summed E-state index contributed by atoms with van der Waals surface area (Å²) in [5.41, 5.74) is 3.38. The van der Waals surface area contributed by atoms with E-state index < -0.39 is 9.84 Å². The standard InChI is InChI=1S/C20H27N3O3S/c1-21-20(23-14-17-6-4-5-7-18(17)15-26-2)22-13-12-16-8-10-19(11-9-16)27(3,24)25/h4-11H,12-15H2,1-3H3,(H2,21,22,23). The molecule has 0 spiro atoms. The maximum atomic E-state index is 11.5. The van der Waals surface area contributed by atoms with Gasteiger partial charge >= 0.3 is 0 Å². The highest BCUT2D eigenvalue weighted by molar-refractivity contribution is 7.90.